The summed E-state index contributed by atoms with van der Waals surface area (Å²) < 4.78 is 5.51. The molecule has 0 aromatic heterocycles. The lowest BCUT2D eigenvalue weighted by molar-refractivity contribution is -0.134. The number of para-hydroxylation sites is 1. The number of halogens is 1. The van der Waals surface area contributed by atoms with Crippen molar-refractivity contribution in [3.8, 4) is 16.9 Å². The molecule has 0 saturated heterocycles. The Morgan fingerprint density at radius 2 is 1.62 bits per heavy atom. The van der Waals surface area contributed by atoms with Crippen LogP contribution in [0.15, 0.2) is 54.6 Å². The maximum atomic E-state index is 11.9. The molecule has 3 heteroatoms. The summed E-state index contributed by atoms with van der Waals surface area (Å²) in [6.45, 7) is 0. The standard InChI is InChI=1S/C18H19ClO2/c19-14-8-2-5-13-18(20)21-17-12-7-6-11-16(17)15-9-3-1-4-10-15/h1,3-4,6-7,9-12H,2,5,8,13-14H2. The quantitative estimate of drug-likeness (QED) is 0.309. The minimum absolute atomic E-state index is 0.187. The van der Waals surface area contributed by atoms with Crippen LogP contribution in [0.2, 0.25) is 0 Å². The molecule has 2 aromatic carbocycles. The predicted octanol–water partition coefficient (Wildman–Crippen LogP) is 5.06. The van der Waals surface area contributed by atoms with Crippen LogP contribution >= 0.6 is 11.6 Å². The Labute approximate surface area is 130 Å². The van der Waals surface area contributed by atoms with E-state index in [1.807, 2.05) is 54.6 Å². The van der Waals surface area contributed by atoms with E-state index >= 15 is 0 Å². The summed E-state index contributed by atoms with van der Waals surface area (Å²) in [5.41, 5.74) is 1.98. The van der Waals surface area contributed by atoms with Crippen LogP contribution in [0, 0.1) is 0 Å². The van der Waals surface area contributed by atoms with E-state index in [4.69, 9.17) is 16.3 Å². The Morgan fingerprint density at radius 1 is 0.905 bits per heavy atom. The Morgan fingerprint density at radius 3 is 2.38 bits per heavy atom. The number of rotatable bonds is 7. The van der Waals surface area contributed by atoms with E-state index in [9.17, 15) is 4.79 Å². The molecule has 2 aromatic rings. The van der Waals surface area contributed by atoms with Crippen molar-refractivity contribution in [3.05, 3.63) is 54.6 Å². The molecule has 0 fully saturated rings. The first kappa shape index (κ1) is 15.6. The number of carbonyl (C=O) groups is 1. The zero-order valence-corrected chi connectivity index (χ0v) is 12.7. The van der Waals surface area contributed by atoms with Gasteiger partial charge in [0.2, 0.25) is 0 Å². The summed E-state index contributed by atoms with van der Waals surface area (Å²) >= 11 is 5.62. The minimum atomic E-state index is -0.187. The molecule has 0 unspecified atom stereocenters. The van der Waals surface area contributed by atoms with Crippen molar-refractivity contribution in [1.82, 2.24) is 0 Å². The Kier molecular flexibility index (Phi) is 6.29. The molecule has 2 nitrogen and oxygen atoms in total. The van der Waals surface area contributed by atoms with Gasteiger partial charge >= 0.3 is 5.97 Å². The molecule has 0 amide bonds. The summed E-state index contributed by atoms with van der Waals surface area (Å²) in [5, 5.41) is 0. The lowest BCUT2D eigenvalue weighted by Gasteiger charge is -2.10. The van der Waals surface area contributed by atoms with Gasteiger partial charge in [-0.05, 0) is 24.5 Å². The molecule has 0 N–H and O–H groups in total. The number of esters is 1. The van der Waals surface area contributed by atoms with Gasteiger partial charge in [-0.1, -0.05) is 55.0 Å². The largest absolute Gasteiger partial charge is 0.426 e. The normalized spacial score (nSPS) is 10.3. The molecular weight excluding hydrogens is 284 g/mol. The van der Waals surface area contributed by atoms with Crippen molar-refractivity contribution in [2.45, 2.75) is 25.7 Å². The molecule has 110 valence electrons. The van der Waals surface area contributed by atoms with Crippen LogP contribution in [-0.4, -0.2) is 11.8 Å². The Hall–Kier alpha value is -1.80. The summed E-state index contributed by atoms with van der Waals surface area (Å²) in [4.78, 5) is 11.9. The van der Waals surface area contributed by atoms with Crippen molar-refractivity contribution >= 4 is 17.6 Å². The van der Waals surface area contributed by atoms with E-state index in [1.54, 1.807) is 0 Å². The van der Waals surface area contributed by atoms with E-state index in [-0.39, 0.29) is 5.97 Å². The van der Waals surface area contributed by atoms with Crippen molar-refractivity contribution in [2.75, 3.05) is 5.88 Å². The first-order valence-corrected chi connectivity index (χ1v) is 7.76. The van der Waals surface area contributed by atoms with E-state index < -0.39 is 0 Å². The summed E-state index contributed by atoms with van der Waals surface area (Å²) in [6.07, 6.45) is 3.15. The van der Waals surface area contributed by atoms with Gasteiger partial charge < -0.3 is 4.74 Å². The predicted molar refractivity (Wildman–Crippen MR) is 86.7 cm³/mol. The third-order valence-electron chi connectivity index (χ3n) is 3.21. The molecule has 0 saturated carbocycles. The monoisotopic (exact) mass is 302 g/mol. The second-order valence-electron chi connectivity index (χ2n) is 4.84. The number of benzene rings is 2. The number of unbranched alkanes of at least 4 members (excludes halogenated alkanes) is 2. The lowest BCUT2D eigenvalue weighted by atomic mass is 10.0. The maximum absolute atomic E-state index is 11.9. The third kappa shape index (κ3) is 4.91. The summed E-state index contributed by atoms with van der Waals surface area (Å²) in [7, 11) is 0. The fraction of sp³-hybridized carbons (Fsp3) is 0.278. The molecule has 2 rings (SSSR count). The minimum Gasteiger partial charge on any atom is -0.426 e. The fourth-order valence-corrected chi connectivity index (χ4v) is 2.32. The van der Waals surface area contributed by atoms with Crippen LogP contribution in [-0.2, 0) is 4.79 Å². The van der Waals surface area contributed by atoms with E-state index in [0.29, 0.717) is 18.1 Å². The fourth-order valence-electron chi connectivity index (χ4n) is 2.13. The molecule has 0 atom stereocenters. The highest BCUT2D eigenvalue weighted by molar-refractivity contribution is 6.17. The summed E-state index contributed by atoms with van der Waals surface area (Å²) in [6, 6.07) is 17.5. The van der Waals surface area contributed by atoms with Gasteiger partial charge in [-0.3, -0.25) is 4.79 Å². The van der Waals surface area contributed by atoms with Crippen molar-refractivity contribution in [1.29, 1.82) is 0 Å². The van der Waals surface area contributed by atoms with Crippen molar-refractivity contribution in [3.63, 3.8) is 0 Å². The molecule has 0 heterocycles. The highest BCUT2D eigenvalue weighted by Gasteiger charge is 2.10. The number of alkyl halides is 1. The number of hydrogen-bond donors (Lipinski definition) is 0. The van der Waals surface area contributed by atoms with Crippen molar-refractivity contribution in [2.24, 2.45) is 0 Å². The maximum Gasteiger partial charge on any atom is 0.311 e. The van der Waals surface area contributed by atoms with Crippen molar-refractivity contribution < 1.29 is 9.53 Å². The highest BCUT2D eigenvalue weighted by Crippen LogP contribution is 2.29. The molecule has 0 aliphatic heterocycles. The smallest absolute Gasteiger partial charge is 0.311 e. The second kappa shape index (κ2) is 8.48. The first-order valence-electron chi connectivity index (χ1n) is 7.22. The molecule has 0 bridgehead atoms. The van der Waals surface area contributed by atoms with Gasteiger partial charge in [0.05, 0.1) is 0 Å². The van der Waals surface area contributed by atoms with Crippen LogP contribution in [0.25, 0.3) is 11.1 Å². The van der Waals surface area contributed by atoms with Crippen LogP contribution in [0.4, 0.5) is 0 Å². The van der Waals surface area contributed by atoms with Crippen LogP contribution in [0.3, 0.4) is 0 Å². The molecule has 0 aliphatic carbocycles. The lowest BCUT2D eigenvalue weighted by Crippen LogP contribution is -2.08. The van der Waals surface area contributed by atoms with E-state index in [0.717, 1.165) is 30.4 Å². The average molecular weight is 303 g/mol. The van der Waals surface area contributed by atoms with Crippen LogP contribution in [0.5, 0.6) is 5.75 Å². The van der Waals surface area contributed by atoms with Gasteiger partial charge in [-0.25, -0.2) is 0 Å². The van der Waals surface area contributed by atoms with Crippen LogP contribution < -0.4 is 4.74 Å². The second-order valence-corrected chi connectivity index (χ2v) is 5.21. The number of hydrogen-bond acceptors (Lipinski definition) is 2. The van der Waals surface area contributed by atoms with Gasteiger partial charge in [0.25, 0.3) is 0 Å². The number of ether oxygens (including phenoxy) is 1. The SMILES string of the molecule is O=C(CCCCCCl)Oc1ccccc1-c1ccccc1. The van der Waals surface area contributed by atoms with Gasteiger partial charge in [0, 0.05) is 17.9 Å². The third-order valence-corrected chi connectivity index (χ3v) is 3.48. The zero-order chi connectivity index (χ0) is 14.9. The van der Waals surface area contributed by atoms with Gasteiger partial charge in [-0.15, -0.1) is 11.6 Å². The van der Waals surface area contributed by atoms with Gasteiger partial charge in [0.15, 0.2) is 0 Å². The topological polar surface area (TPSA) is 26.3 Å². The van der Waals surface area contributed by atoms with Gasteiger partial charge in [-0.2, -0.15) is 0 Å². The Bertz CT molecular complexity index is 566. The van der Waals surface area contributed by atoms with Gasteiger partial charge in [0.1, 0.15) is 5.75 Å². The number of carbonyl (C=O) groups excluding carboxylic acids is 1. The molecular formula is C18H19ClO2. The summed E-state index contributed by atoms with van der Waals surface area (Å²) in [5.74, 6) is 1.07. The molecule has 0 spiro atoms. The van der Waals surface area contributed by atoms with Crippen LogP contribution in [0.1, 0.15) is 25.7 Å². The van der Waals surface area contributed by atoms with E-state index in [1.165, 1.54) is 0 Å². The average Bonchev–Trinajstić information content (AvgIpc) is 2.53. The Balaban J connectivity index is 2.02. The zero-order valence-electron chi connectivity index (χ0n) is 11.9. The molecule has 0 radical (unpaired) electrons. The molecule has 0 aliphatic rings. The first-order chi connectivity index (χ1) is 10.3. The highest BCUT2D eigenvalue weighted by atomic mass is 35.5. The molecule has 21 heavy (non-hydrogen) atoms. The van der Waals surface area contributed by atoms with E-state index in [2.05, 4.69) is 0 Å².